The molecule has 2 fully saturated rings. The number of nitrogens with zero attached hydrogens (tertiary/aromatic N) is 1. The predicted octanol–water partition coefficient (Wildman–Crippen LogP) is 1.14. The Morgan fingerprint density at radius 1 is 1.11 bits per heavy atom. The first-order valence-electron chi connectivity index (χ1n) is 15.4. The van der Waals surface area contributed by atoms with E-state index >= 15 is 0 Å². The van der Waals surface area contributed by atoms with Gasteiger partial charge in [0.25, 0.3) is 0 Å². The van der Waals surface area contributed by atoms with Gasteiger partial charge in [-0.15, -0.1) is 0 Å². The van der Waals surface area contributed by atoms with Crippen LogP contribution in [0.3, 0.4) is 0 Å². The second kappa shape index (κ2) is 16.5. The Morgan fingerprint density at radius 3 is 2.51 bits per heavy atom. The molecule has 4 aliphatic rings. The quantitative estimate of drug-likeness (QED) is 0.152. The molecule has 45 heavy (non-hydrogen) atoms. The molecule has 3 heterocycles. The molecule has 4 rings (SSSR count). The zero-order valence-corrected chi connectivity index (χ0v) is 25.7. The lowest BCUT2D eigenvalue weighted by Crippen LogP contribution is -2.61. The highest BCUT2D eigenvalue weighted by Gasteiger charge is 2.48. The molecule has 8 unspecified atom stereocenters. The molecule has 0 spiro atoms. The van der Waals surface area contributed by atoms with Crippen LogP contribution in [0.15, 0.2) is 59.1 Å². The topological polar surface area (TPSA) is 185 Å². The summed E-state index contributed by atoms with van der Waals surface area (Å²) >= 11 is 0. The fourth-order valence-electron chi connectivity index (χ4n) is 6.11. The van der Waals surface area contributed by atoms with Gasteiger partial charge < -0.3 is 54.1 Å². The van der Waals surface area contributed by atoms with Crippen LogP contribution in [0.2, 0.25) is 0 Å². The second-order valence-electron chi connectivity index (χ2n) is 11.5. The fourth-order valence-corrected chi connectivity index (χ4v) is 6.11. The number of aliphatic hydroxyl groups excluding tert-OH is 4. The van der Waals surface area contributed by atoms with Crippen molar-refractivity contribution in [1.29, 1.82) is 0 Å². The van der Waals surface area contributed by atoms with E-state index in [9.17, 15) is 35.1 Å². The van der Waals surface area contributed by atoms with Crippen molar-refractivity contribution in [3.05, 3.63) is 59.1 Å². The molecule has 250 valence electrons. The number of esters is 1. The van der Waals surface area contributed by atoms with Crippen LogP contribution in [-0.2, 0) is 33.3 Å². The Balaban J connectivity index is 1.72. The molecule has 3 aliphatic heterocycles. The van der Waals surface area contributed by atoms with Gasteiger partial charge in [0.1, 0.15) is 24.4 Å². The van der Waals surface area contributed by atoms with Crippen molar-refractivity contribution >= 4 is 11.9 Å². The number of hydrogen-bond donors (Lipinski definition) is 5. The van der Waals surface area contributed by atoms with Gasteiger partial charge in [-0.2, -0.15) is 0 Å². The number of ether oxygens (including phenoxy) is 5. The smallest absolute Gasteiger partial charge is 0.337 e. The van der Waals surface area contributed by atoms with E-state index in [1.54, 1.807) is 30.1 Å². The molecule has 13 heteroatoms. The Kier molecular flexibility index (Phi) is 12.8. The van der Waals surface area contributed by atoms with E-state index in [-0.39, 0.29) is 30.9 Å². The van der Waals surface area contributed by atoms with Crippen LogP contribution < -0.4 is 0 Å². The minimum absolute atomic E-state index is 0.0581. The molecule has 1 saturated heterocycles. The zero-order valence-electron chi connectivity index (χ0n) is 25.7. The number of rotatable bonds is 12. The molecule has 5 N–H and O–H groups in total. The van der Waals surface area contributed by atoms with Gasteiger partial charge in [-0.25, -0.2) is 9.59 Å². The Bertz CT molecular complexity index is 1180. The molecular weight excluding hydrogens is 590 g/mol. The Morgan fingerprint density at radius 2 is 1.87 bits per heavy atom. The zero-order chi connectivity index (χ0) is 32.5. The van der Waals surface area contributed by atoms with Crippen LogP contribution in [0.1, 0.15) is 39.0 Å². The van der Waals surface area contributed by atoms with Gasteiger partial charge in [-0.1, -0.05) is 30.2 Å². The fraction of sp³-hybridized carbons (Fsp3) is 0.625. The summed E-state index contributed by atoms with van der Waals surface area (Å²) in [6.45, 7) is 1.78. The molecule has 0 aromatic rings. The van der Waals surface area contributed by atoms with E-state index < -0.39 is 67.4 Å². The maximum absolute atomic E-state index is 13.0. The molecule has 13 nitrogen and oxygen atoms in total. The van der Waals surface area contributed by atoms with Crippen molar-refractivity contribution in [1.82, 2.24) is 4.90 Å². The lowest BCUT2D eigenvalue weighted by molar-refractivity contribution is -0.344. The average molecular weight is 636 g/mol. The van der Waals surface area contributed by atoms with Gasteiger partial charge in [0.2, 0.25) is 6.29 Å². The molecule has 0 bridgehead atoms. The number of aliphatic carboxylic acids is 1. The first-order chi connectivity index (χ1) is 21.7. The highest BCUT2D eigenvalue weighted by molar-refractivity contribution is 5.90. The van der Waals surface area contributed by atoms with Crippen molar-refractivity contribution in [2.24, 2.45) is 11.8 Å². The summed E-state index contributed by atoms with van der Waals surface area (Å²) in [5.74, 6) is -2.96. The number of β-amino-alcohol motifs (C(OH)–C–C–N with tert-alkyl or cyclic N) is 1. The minimum Gasteiger partial charge on any atom is -0.478 e. The molecule has 1 aliphatic carbocycles. The number of carboxylic acids is 1. The van der Waals surface area contributed by atoms with Crippen molar-refractivity contribution < 1.29 is 58.8 Å². The maximum atomic E-state index is 13.0. The number of aliphatic hydroxyl groups is 4. The van der Waals surface area contributed by atoms with Crippen molar-refractivity contribution in [2.75, 3.05) is 40.0 Å². The van der Waals surface area contributed by atoms with Gasteiger partial charge in [0, 0.05) is 31.8 Å². The summed E-state index contributed by atoms with van der Waals surface area (Å²) in [6, 6.07) is 0. The largest absolute Gasteiger partial charge is 0.478 e. The van der Waals surface area contributed by atoms with E-state index in [0.717, 1.165) is 32.1 Å². The van der Waals surface area contributed by atoms with Gasteiger partial charge in [0.05, 0.1) is 43.6 Å². The summed E-state index contributed by atoms with van der Waals surface area (Å²) in [7, 11) is 1.27. The van der Waals surface area contributed by atoms with Crippen LogP contribution in [0.25, 0.3) is 0 Å². The number of hydrogen-bond acceptors (Lipinski definition) is 12. The second-order valence-corrected chi connectivity index (χ2v) is 11.5. The van der Waals surface area contributed by atoms with Gasteiger partial charge >= 0.3 is 11.9 Å². The molecule has 0 aromatic heterocycles. The molecular formula is C32H45NO12. The van der Waals surface area contributed by atoms with Crippen LogP contribution >= 0.6 is 0 Å². The van der Waals surface area contributed by atoms with Gasteiger partial charge in [-0.05, 0) is 44.3 Å². The van der Waals surface area contributed by atoms with Gasteiger partial charge in [0.15, 0.2) is 6.29 Å². The van der Waals surface area contributed by atoms with E-state index in [1.165, 1.54) is 25.1 Å². The highest BCUT2D eigenvalue weighted by atomic mass is 16.8. The standard InChI is InChI=1S/C32H45NO12/c1-3-42-28-27(37)26(36)25(17-35)44-32(28)45-31-23(14-19-7-5-4-6-8-19)22(24(18-43-31)30(40)41-2)10-9-20-13-21(29(38)39)16-33(15-20)11-12-34/h9-10,13-14,16,18,22-23,25-28,31-32,34-37H,3-8,11-12,15,17H2,1-2H3,(H,38,39). The lowest BCUT2D eigenvalue weighted by Gasteiger charge is -2.44. The van der Waals surface area contributed by atoms with Crippen molar-refractivity contribution in [2.45, 2.75) is 76.0 Å². The minimum atomic E-state index is -1.41. The predicted molar refractivity (Wildman–Crippen MR) is 159 cm³/mol. The van der Waals surface area contributed by atoms with Crippen LogP contribution in [0.4, 0.5) is 0 Å². The summed E-state index contributed by atoms with van der Waals surface area (Å²) in [6.07, 6.45) is 7.44. The molecule has 1 saturated carbocycles. The molecule has 0 amide bonds. The van der Waals surface area contributed by atoms with Crippen molar-refractivity contribution in [3.63, 3.8) is 0 Å². The highest BCUT2D eigenvalue weighted by Crippen LogP contribution is 2.39. The average Bonchev–Trinajstić information content (AvgIpc) is 3.04. The summed E-state index contributed by atoms with van der Waals surface area (Å²) in [5.41, 5.74) is 2.10. The maximum Gasteiger partial charge on any atom is 0.337 e. The number of methoxy groups -OCH3 is 1. The van der Waals surface area contributed by atoms with E-state index in [4.69, 9.17) is 23.7 Å². The molecule has 0 aromatic carbocycles. The third kappa shape index (κ3) is 8.61. The number of carbonyl (C=O) groups is 2. The third-order valence-corrected chi connectivity index (χ3v) is 8.41. The normalized spacial score (nSPS) is 32.4. The monoisotopic (exact) mass is 635 g/mol. The summed E-state index contributed by atoms with van der Waals surface area (Å²) < 4.78 is 28.9. The van der Waals surface area contributed by atoms with Gasteiger partial charge in [-0.3, -0.25) is 0 Å². The first kappa shape index (κ1) is 34.8. The molecule has 0 radical (unpaired) electrons. The van der Waals surface area contributed by atoms with Crippen LogP contribution in [-0.4, -0.2) is 119 Å². The summed E-state index contributed by atoms with van der Waals surface area (Å²) in [5, 5.41) is 50.1. The summed E-state index contributed by atoms with van der Waals surface area (Å²) in [4.78, 5) is 26.5. The Hall–Kier alpha value is -3.04. The number of carbonyl (C=O) groups excluding carboxylic acids is 1. The van der Waals surface area contributed by atoms with E-state index in [1.807, 2.05) is 6.08 Å². The van der Waals surface area contributed by atoms with Crippen LogP contribution in [0.5, 0.6) is 0 Å². The number of allylic oxidation sites excluding steroid dienone is 2. The third-order valence-electron chi connectivity index (χ3n) is 8.41. The van der Waals surface area contributed by atoms with Crippen LogP contribution in [0, 0.1) is 11.8 Å². The lowest BCUT2D eigenvalue weighted by atomic mass is 9.80. The van der Waals surface area contributed by atoms with E-state index in [0.29, 0.717) is 12.1 Å². The van der Waals surface area contributed by atoms with Crippen molar-refractivity contribution in [3.8, 4) is 0 Å². The number of carboxylic acid groups (broad SMARTS) is 1. The molecule has 8 atom stereocenters. The Labute approximate surface area is 262 Å². The SMILES string of the molecule is CCOC1C(OC2OC=C(C(=O)OC)C(C=CC3=CC(C(=O)O)=CN(CCO)C3)C2C=C2CCCCC2)OC(CO)C(O)C1O. The van der Waals surface area contributed by atoms with E-state index in [2.05, 4.69) is 0 Å². The first-order valence-corrected chi connectivity index (χ1v) is 15.4.